The first-order valence-electron chi connectivity index (χ1n) is 9.08. The summed E-state index contributed by atoms with van der Waals surface area (Å²) in [6, 6.07) is 6.64. The van der Waals surface area contributed by atoms with Gasteiger partial charge in [0.25, 0.3) is 5.66 Å². The minimum absolute atomic E-state index is 0.0550. The summed E-state index contributed by atoms with van der Waals surface area (Å²) in [5, 5.41) is 4.16. The second-order valence-electron chi connectivity index (χ2n) is 7.08. The summed E-state index contributed by atoms with van der Waals surface area (Å²) in [6.07, 6.45) is 7.92. The van der Waals surface area contributed by atoms with Crippen LogP contribution in [0.25, 0.3) is 11.0 Å². The Morgan fingerprint density at radius 3 is 2.52 bits per heavy atom. The van der Waals surface area contributed by atoms with Crippen molar-refractivity contribution in [2.75, 3.05) is 13.1 Å². The quantitative estimate of drug-likeness (QED) is 0.629. The highest BCUT2D eigenvalue weighted by atomic mass is 31.0. The molecule has 0 bridgehead atoms. The molecule has 8 heteroatoms. The number of fused-ring (bicyclic) bond motifs is 1. The number of hydrogen-bond acceptors (Lipinski definition) is 4. The van der Waals surface area contributed by atoms with E-state index in [0.29, 0.717) is 0 Å². The van der Waals surface area contributed by atoms with Crippen molar-refractivity contribution in [2.45, 2.75) is 37.5 Å². The Balaban J connectivity index is 1.43. The van der Waals surface area contributed by atoms with Gasteiger partial charge < -0.3 is 0 Å². The van der Waals surface area contributed by atoms with Crippen LogP contribution in [0.15, 0.2) is 43.0 Å². The summed E-state index contributed by atoms with van der Waals surface area (Å²) in [5.41, 5.74) is 0.0321. The lowest BCUT2D eigenvalue weighted by Crippen LogP contribution is -2.36. The van der Waals surface area contributed by atoms with E-state index < -0.39 is 5.66 Å². The highest BCUT2D eigenvalue weighted by Crippen LogP contribution is 2.36. The Bertz CT molecular complexity index is 931. The second-order valence-corrected chi connectivity index (χ2v) is 7.80. The van der Waals surface area contributed by atoms with Crippen molar-refractivity contribution in [3.8, 4) is 0 Å². The number of rotatable bonds is 4. The van der Waals surface area contributed by atoms with Crippen LogP contribution in [0.3, 0.4) is 0 Å². The average molecular weight is 389 g/mol. The zero-order valence-corrected chi connectivity index (χ0v) is 16.2. The SMILES string of the molecule is CC(c1ccc2nccnc2c1)N1CCC(n2cc(C(F)(F)P)cn2)CC1. The number of halogens is 2. The monoisotopic (exact) mass is 389 g/mol. The van der Waals surface area contributed by atoms with Crippen LogP contribution in [-0.2, 0) is 5.66 Å². The summed E-state index contributed by atoms with van der Waals surface area (Å²) < 4.78 is 28.5. The standard InChI is InChI=1S/C19H22F2N5P/c1-13(14-2-3-17-18(10-14)23-7-6-22-17)25-8-4-16(5-9-25)26-12-15(11-24-26)19(20,21)27/h2-3,6-7,10-13,16H,4-5,8-9,27H2,1H3. The topological polar surface area (TPSA) is 46.8 Å². The normalized spacial score (nSPS) is 18.1. The predicted octanol–water partition coefficient (Wildman–Crippen LogP) is 4.15. The van der Waals surface area contributed by atoms with Crippen LogP contribution in [0.2, 0.25) is 0 Å². The number of benzene rings is 1. The van der Waals surface area contributed by atoms with Crippen molar-refractivity contribution in [2.24, 2.45) is 0 Å². The molecule has 1 aliphatic rings. The van der Waals surface area contributed by atoms with Gasteiger partial charge in [-0.05, 0) is 37.5 Å². The summed E-state index contributed by atoms with van der Waals surface area (Å²) >= 11 is 0. The van der Waals surface area contributed by atoms with Gasteiger partial charge in [0.15, 0.2) is 0 Å². The Labute approximate surface area is 159 Å². The van der Waals surface area contributed by atoms with Gasteiger partial charge in [-0.3, -0.25) is 19.5 Å². The minimum atomic E-state index is -2.92. The van der Waals surface area contributed by atoms with Crippen molar-refractivity contribution in [1.29, 1.82) is 0 Å². The van der Waals surface area contributed by atoms with E-state index in [1.54, 1.807) is 26.3 Å². The predicted molar refractivity (Wildman–Crippen MR) is 104 cm³/mol. The van der Waals surface area contributed by atoms with Crippen molar-refractivity contribution < 1.29 is 8.78 Å². The van der Waals surface area contributed by atoms with Crippen LogP contribution >= 0.6 is 9.24 Å². The van der Waals surface area contributed by atoms with Gasteiger partial charge in [0.1, 0.15) is 0 Å². The van der Waals surface area contributed by atoms with E-state index in [1.807, 2.05) is 6.07 Å². The van der Waals surface area contributed by atoms with Crippen LogP contribution in [-0.4, -0.2) is 37.7 Å². The van der Waals surface area contributed by atoms with Crippen molar-refractivity contribution in [3.05, 3.63) is 54.1 Å². The van der Waals surface area contributed by atoms with Crippen molar-refractivity contribution >= 4 is 20.3 Å². The molecule has 1 aromatic carbocycles. The maximum Gasteiger partial charge on any atom is 0.286 e. The number of nitrogens with zero attached hydrogens (tertiary/aromatic N) is 5. The molecule has 0 amide bonds. The molecule has 0 spiro atoms. The molecule has 0 saturated carbocycles. The fourth-order valence-corrected chi connectivity index (χ4v) is 3.85. The molecular formula is C19H22F2N5P. The molecule has 1 aliphatic heterocycles. The van der Waals surface area contributed by atoms with Gasteiger partial charge in [0, 0.05) is 37.7 Å². The van der Waals surface area contributed by atoms with Crippen LogP contribution in [0.1, 0.15) is 43.0 Å². The number of likely N-dealkylation sites (tertiary alicyclic amines) is 1. The Morgan fingerprint density at radius 1 is 1.15 bits per heavy atom. The van der Waals surface area contributed by atoms with E-state index in [9.17, 15) is 8.78 Å². The van der Waals surface area contributed by atoms with E-state index >= 15 is 0 Å². The lowest BCUT2D eigenvalue weighted by Gasteiger charge is -2.36. The highest BCUT2D eigenvalue weighted by Gasteiger charge is 2.29. The van der Waals surface area contributed by atoms with Crippen LogP contribution < -0.4 is 0 Å². The fraction of sp³-hybridized carbons (Fsp3) is 0.421. The molecule has 0 aliphatic carbocycles. The van der Waals surface area contributed by atoms with Gasteiger partial charge in [0.2, 0.25) is 0 Å². The van der Waals surface area contributed by atoms with E-state index in [1.165, 1.54) is 18.0 Å². The maximum absolute atomic E-state index is 13.4. The first-order chi connectivity index (χ1) is 12.9. The molecule has 2 aromatic heterocycles. The molecule has 3 heterocycles. The number of alkyl halides is 2. The molecule has 142 valence electrons. The molecule has 0 N–H and O–H groups in total. The summed E-state index contributed by atoms with van der Waals surface area (Å²) in [4.78, 5) is 11.1. The van der Waals surface area contributed by atoms with Gasteiger partial charge in [-0.25, -0.2) is 0 Å². The minimum Gasteiger partial charge on any atom is -0.296 e. The lowest BCUT2D eigenvalue weighted by atomic mass is 10.00. The van der Waals surface area contributed by atoms with Crippen LogP contribution in [0.4, 0.5) is 8.78 Å². The molecular weight excluding hydrogens is 367 g/mol. The van der Waals surface area contributed by atoms with Gasteiger partial charge in [-0.2, -0.15) is 13.9 Å². The molecule has 4 rings (SSSR count). The van der Waals surface area contributed by atoms with Crippen LogP contribution in [0.5, 0.6) is 0 Å². The van der Waals surface area contributed by atoms with Crippen LogP contribution in [0, 0.1) is 0 Å². The van der Waals surface area contributed by atoms with Gasteiger partial charge in [0.05, 0.1) is 28.8 Å². The Kier molecular flexibility index (Phi) is 4.91. The smallest absolute Gasteiger partial charge is 0.286 e. The molecule has 27 heavy (non-hydrogen) atoms. The van der Waals surface area contributed by atoms with E-state index in [-0.39, 0.29) is 17.6 Å². The first-order valence-corrected chi connectivity index (χ1v) is 9.65. The van der Waals surface area contributed by atoms with Gasteiger partial charge >= 0.3 is 0 Å². The third kappa shape index (κ3) is 3.85. The van der Waals surface area contributed by atoms with E-state index in [0.717, 1.165) is 37.0 Å². The third-order valence-electron chi connectivity index (χ3n) is 5.38. The summed E-state index contributed by atoms with van der Waals surface area (Å²) in [6.45, 7) is 3.99. The summed E-state index contributed by atoms with van der Waals surface area (Å²) in [5.74, 6) is 0. The molecule has 0 radical (unpaired) electrons. The van der Waals surface area contributed by atoms with Crippen molar-refractivity contribution in [3.63, 3.8) is 0 Å². The number of aromatic nitrogens is 4. The molecule has 2 atom stereocenters. The van der Waals surface area contributed by atoms with E-state index in [2.05, 4.69) is 39.0 Å². The second kappa shape index (κ2) is 7.21. The highest BCUT2D eigenvalue weighted by molar-refractivity contribution is 7.17. The maximum atomic E-state index is 13.4. The van der Waals surface area contributed by atoms with E-state index in [4.69, 9.17) is 0 Å². The molecule has 1 saturated heterocycles. The molecule has 5 nitrogen and oxygen atoms in total. The molecule has 2 unspecified atom stereocenters. The average Bonchev–Trinajstić information content (AvgIpc) is 3.18. The zero-order valence-electron chi connectivity index (χ0n) is 15.1. The molecule has 3 aromatic rings. The number of hydrogen-bond donors (Lipinski definition) is 0. The van der Waals surface area contributed by atoms with Gasteiger partial charge in [-0.1, -0.05) is 15.3 Å². The third-order valence-corrected chi connectivity index (χ3v) is 5.72. The fourth-order valence-electron chi connectivity index (χ4n) is 3.70. The zero-order chi connectivity index (χ0) is 19.0. The lowest BCUT2D eigenvalue weighted by molar-refractivity contribution is 0.103. The first kappa shape index (κ1) is 18.4. The van der Waals surface area contributed by atoms with Crippen molar-refractivity contribution in [1.82, 2.24) is 24.6 Å². The summed E-state index contributed by atoms with van der Waals surface area (Å²) in [7, 11) is 1.57. The Hall–Kier alpha value is -1.98. The Morgan fingerprint density at radius 2 is 1.85 bits per heavy atom. The molecule has 1 fully saturated rings. The van der Waals surface area contributed by atoms with Gasteiger partial charge in [-0.15, -0.1) is 0 Å². The largest absolute Gasteiger partial charge is 0.296 e. The number of piperidine rings is 1.